The third-order valence-electron chi connectivity index (χ3n) is 4.40. The van der Waals surface area contributed by atoms with Gasteiger partial charge in [-0.3, -0.25) is 0 Å². The first-order valence-electron chi connectivity index (χ1n) is 8.61. The molecule has 27 heavy (non-hydrogen) atoms. The van der Waals surface area contributed by atoms with Crippen molar-refractivity contribution in [2.45, 2.75) is 25.5 Å². The van der Waals surface area contributed by atoms with E-state index in [1.807, 2.05) is 25.1 Å². The first-order valence-corrected chi connectivity index (χ1v) is 8.61. The van der Waals surface area contributed by atoms with E-state index < -0.39 is 30.0 Å². The van der Waals surface area contributed by atoms with Gasteiger partial charge in [0.15, 0.2) is 11.6 Å². The van der Waals surface area contributed by atoms with Gasteiger partial charge in [0, 0.05) is 12.1 Å². The van der Waals surface area contributed by atoms with Gasteiger partial charge in [0.1, 0.15) is 12.1 Å². The molecule has 0 radical (unpaired) electrons. The van der Waals surface area contributed by atoms with Gasteiger partial charge in [0.2, 0.25) is 0 Å². The number of hydrogen-bond donors (Lipinski definition) is 1. The lowest BCUT2D eigenvalue weighted by Gasteiger charge is -2.22. The molecule has 1 heterocycles. The Morgan fingerprint density at radius 1 is 1.19 bits per heavy atom. The molecule has 7 heteroatoms. The van der Waals surface area contributed by atoms with E-state index in [9.17, 15) is 14.0 Å². The molecule has 1 N–H and O–H groups in total. The summed E-state index contributed by atoms with van der Waals surface area (Å²) >= 11 is 0. The number of esters is 1. The van der Waals surface area contributed by atoms with E-state index in [0.29, 0.717) is 5.69 Å². The van der Waals surface area contributed by atoms with Crippen molar-refractivity contribution in [1.29, 1.82) is 0 Å². The summed E-state index contributed by atoms with van der Waals surface area (Å²) in [5, 5.41) is 2.78. The number of carbonyl (C=O) groups is 2. The molecule has 142 valence electrons. The number of likely N-dealkylation sites (tertiary alicyclic amines) is 1. The molecule has 0 bridgehead atoms. The number of rotatable bonds is 4. The monoisotopic (exact) mass is 372 g/mol. The number of halogens is 1. The second-order valence-electron chi connectivity index (χ2n) is 6.40. The molecule has 0 aliphatic carbocycles. The Kier molecular flexibility index (Phi) is 5.59. The van der Waals surface area contributed by atoms with Gasteiger partial charge in [0.05, 0.1) is 13.7 Å². The molecule has 1 fully saturated rings. The van der Waals surface area contributed by atoms with E-state index in [4.69, 9.17) is 9.47 Å². The van der Waals surface area contributed by atoms with E-state index >= 15 is 0 Å². The van der Waals surface area contributed by atoms with E-state index in [1.54, 1.807) is 18.2 Å². The zero-order valence-corrected chi connectivity index (χ0v) is 15.1. The lowest BCUT2D eigenvalue weighted by molar-refractivity contribution is -0.144. The molecule has 1 aliphatic rings. The van der Waals surface area contributed by atoms with Gasteiger partial charge in [-0.05, 0) is 36.8 Å². The number of benzene rings is 2. The second kappa shape index (κ2) is 8.07. The first kappa shape index (κ1) is 18.7. The van der Waals surface area contributed by atoms with Crippen molar-refractivity contribution in [3.8, 4) is 5.75 Å². The maximum atomic E-state index is 13.8. The molecule has 1 aliphatic heterocycles. The molecular formula is C20H21FN2O4. The molecule has 0 aromatic heterocycles. The fraction of sp³-hybridized carbons (Fsp3) is 0.300. The lowest BCUT2D eigenvalue weighted by atomic mass is 10.2. The van der Waals surface area contributed by atoms with Crippen molar-refractivity contribution >= 4 is 17.7 Å². The summed E-state index contributed by atoms with van der Waals surface area (Å²) in [5.41, 5.74) is 1.63. The second-order valence-corrected chi connectivity index (χ2v) is 6.40. The standard InChI is InChI=1S/C20H21FN2O4/c1-13-6-5-7-14(10-13)22-20(25)23-12-15(11-17(23)19(24)26-2)27-18-9-4-3-8-16(18)21/h3-10,15,17H,11-12H2,1-2H3,(H,22,25)/t15-,17+/m0/s1. The summed E-state index contributed by atoms with van der Waals surface area (Å²) in [6, 6.07) is 12.1. The van der Waals surface area contributed by atoms with Gasteiger partial charge in [-0.25, -0.2) is 14.0 Å². The number of anilines is 1. The van der Waals surface area contributed by atoms with Crippen molar-refractivity contribution in [2.24, 2.45) is 0 Å². The summed E-state index contributed by atoms with van der Waals surface area (Å²) in [5.74, 6) is -0.934. The SMILES string of the molecule is COC(=O)[C@H]1C[C@H](Oc2ccccc2F)CN1C(=O)Nc1cccc(C)c1. The van der Waals surface area contributed by atoms with Gasteiger partial charge >= 0.3 is 12.0 Å². The summed E-state index contributed by atoms with van der Waals surface area (Å²) < 4.78 is 24.3. The average molecular weight is 372 g/mol. The number of nitrogens with zero attached hydrogens (tertiary/aromatic N) is 1. The summed E-state index contributed by atoms with van der Waals surface area (Å²) in [4.78, 5) is 26.2. The number of para-hydroxylation sites is 1. The van der Waals surface area contributed by atoms with E-state index in [2.05, 4.69) is 5.32 Å². The highest BCUT2D eigenvalue weighted by molar-refractivity contribution is 5.93. The molecule has 1 saturated heterocycles. The highest BCUT2D eigenvalue weighted by Crippen LogP contribution is 2.26. The van der Waals surface area contributed by atoms with Crippen molar-refractivity contribution < 1.29 is 23.5 Å². The van der Waals surface area contributed by atoms with Gasteiger partial charge in [-0.1, -0.05) is 24.3 Å². The number of methoxy groups -OCH3 is 1. The van der Waals surface area contributed by atoms with E-state index in [-0.39, 0.29) is 18.7 Å². The van der Waals surface area contributed by atoms with Crippen LogP contribution >= 0.6 is 0 Å². The maximum absolute atomic E-state index is 13.8. The number of carbonyl (C=O) groups excluding carboxylic acids is 2. The molecule has 3 rings (SSSR count). The zero-order chi connectivity index (χ0) is 19.4. The van der Waals surface area contributed by atoms with Crippen molar-refractivity contribution in [3.63, 3.8) is 0 Å². The Labute approximate surface area is 156 Å². The van der Waals surface area contributed by atoms with Crippen LogP contribution in [0.1, 0.15) is 12.0 Å². The molecule has 2 amide bonds. The smallest absolute Gasteiger partial charge is 0.328 e. The zero-order valence-electron chi connectivity index (χ0n) is 15.1. The average Bonchev–Trinajstić information content (AvgIpc) is 3.07. The predicted molar refractivity (Wildman–Crippen MR) is 98.1 cm³/mol. The number of hydrogen-bond acceptors (Lipinski definition) is 4. The fourth-order valence-electron chi connectivity index (χ4n) is 3.10. The first-order chi connectivity index (χ1) is 13.0. The Balaban J connectivity index is 1.74. The van der Waals surface area contributed by atoms with Crippen LogP contribution in [0.5, 0.6) is 5.75 Å². The van der Waals surface area contributed by atoms with Crippen LogP contribution in [0.2, 0.25) is 0 Å². The van der Waals surface area contributed by atoms with Gasteiger partial charge in [0.25, 0.3) is 0 Å². The molecule has 6 nitrogen and oxygen atoms in total. The largest absolute Gasteiger partial charge is 0.485 e. The Bertz CT molecular complexity index is 842. The molecule has 0 saturated carbocycles. The molecule has 2 atom stereocenters. The van der Waals surface area contributed by atoms with E-state index in [1.165, 1.54) is 24.1 Å². The minimum Gasteiger partial charge on any atom is -0.485 e. The highest BCUT2D eigenvalue weighted by atomic mass is 19.1. The summed E-state index contributed by atoms with van der Waals surface area (Å²) in [7, 11) is 1.27. The quantitative estimate of drug-likeness (QED) is 0.836. The normalized spacial score (nSPS) is 18.9. The van der Waals surface area contributed by atoms with Crippen molar-refractivity contribution in [3.05, 3.63) is 59.9 Å². The van der Waals surface area contributed by atoms with Crippen LogP contribution < -0.4 is 10.1 Å². The minimum absolute atomic E-state index is 0.0899. The highest BCUT2D eigenvalue weighted by Gasteiger charge is 2.41. The van der Waals surface area contributed by atoms with Crippen LogP contribution in [0.3, 0.4) is 0 Å². The van der Waals surface area contributed by atoms with Crippen molar-refractivity contribution in [2.75, 3.05) is 19.0 Å². The third kappa shape index (κ3) is 4.36. The lowest BCUT2D eigenvalue weighted by Crippen LogP contribution is -2.43. The maximum Gasteiger partial charge on any atom is 0.328 e. The molecular weight excluding hydrogens is 351 g/mol. The van der Waals surface area contributed by atoms with Crippen LogP contribution in [-0.2, 0) is 9.53 Å². The number of ether oxygens (including phenoxy) is 2. The van der Waals surface area contributed by atoms with Crippen LogP contribution in [0.25, 0.3) is 0 Å². The fourth-order valence-corrected chi connectivity index (χ4v) is 3.10. The summed E-state index contributed by atoms with van der Waals surface area (Å²) in [6.45, 7) is 2.06. The topological polar surface area (TPSA) is 67.9 Å². The van der Waals surface area contributed by atoms with Crippen LogP contribution in [-0.4, -0.2) is 42.7 Å². The van der Waals surface area contributed by atoms with E-state index in [0.717, 1.165) is 5.56 Å². The molecule has 0 spiro atoms. The Morgan fingerprint density at radius 3 is 2.67 bits per heavy atom. The van der Waals surface area contributed by atoms with Gasteiger partial charge < -0.3 is 19.7 Å². The van der Waals surface area contributed by atoms with Crippen LogP contribution in [0, 0.1) is 12.7 Å². The minimum atomic E-state index is -0.795. The third-order valence-corrected chi connectivity index (χ3v) is 4.40. The number of nitrogens with one attached hydrogen (secondary N) is 1. The predicted octanol–water partition coefficient (Wildman–Crippen LogP) is 3.36. The summed E-state index contributed by atoms with van der Waals surface area (Å²) in [6.07, 6.45) is -0.295. The van der Waals surface area contributed by atoms with Crippen LogP contribution in [0.15, 0.2) is 48.5 Å². The Hall–Kier alpha value is -3.09. The molecule has 2 aromatic rings. The molecule has 2 aromatic carbocycles. The number of urea groups is 1. The van der Waals surface area contributed by atoms with Crippen LogP contribution in [0.4, 0.5) is 14.9 Å². The number of aryl methyl sites for hydroxylation is 1. The van der Waals surface area contributed by atoms with Gasteiger partial charge in [-0.2, -0.15) is 0 Å². The van der Waals surface area contributed by atoms with Gasteiger partial charge in [-0.15, -0.1) is 0 Å². The number of amides is 2. The van der Waals surface area contributed by atoms with Crippen molar-refractivity contribution in [1.82, 2.24) is 4.90 Å². The Morgan fingerprint density at radius 2 is 1.96 bits per heavy atom. The molecule has 0 unspecified atom stereocenters.